The third-order valence-electron chi connectivity index (χ3n) is 3.97. The van der Waals surface area contributed by atoms with Crippen LogP contribution in [0.25, 0.3) is 0 Å². The predicted octanol–water partition coefficient (Wildman–Crippen LogP) is 2.85. The monoisotopic (exact) mass is 363 g/mol. The van der Waals surface area contributed by atoms with Crippen LogP contribution in [0, 0.1) is 25.5 Å². The van der Waals surface area contributed by atoms with Gasteiger partial charge in [0.2, 0.25) is 5.95 Å². The molecule has 0 aliphatic carbocycles. The number of morpholine rings is 1. The van der Waals surface area contributed by atoms with Crippen LogP contribution in [0.5, 0.6) is 0 Å². The van der Waals surface area contributed by atoms with E-state index in [0.717, 1.165) is 12.1 Å². The van der Waals surface area contributed by atoms with Gasteiger partial charge >= 0.3 is 6.03 Å². The molecule has 0 spiro atoms. The zero-order chi connectivity index (χ0) is 18.7. The first kappa shape index (κ1) is 18.0. The average Bonchev–Trinajstić information content (AvgIpc) is 2.62. The van der Waals surface area contributed by atoms with Crippen LogP contribution in [0.4, 0.5) is 30.9 Å². The minimum Gasteiger partial charge on any atom is -0.378 e. The number of aromatic nitrogens is 2. The Kier molecular flexibility index (Phi) is 5.27. The fourth-order valence-corrected chi connectivity index (χ4v) is 2.63. The number of rotatable bonds is 3. The van der Waals surface area contributed by atoms with Crippen LogP contribution in [-0.4, -0.2) is 42.3 Å². The molecule has 0 atom stereocenters. The minimum atomic E-state index is -1.03. The van der Waals surface area contributed by atoms with Crippen LogP contribution in [0.3, 0.4) is 0 Å². The minimum absolute atomic E-state index is 0.141. The van der Waals surface area contributed by atoms with Gasteiger partial charge < -0.3 is 20.3 Å². The summed E-state index contributed by atoms with van der Waals surface area (Å²) in [7, 11) is 0. The quantitative estimate of drug-likeness (QED) is 0.877. The molecule has 2 N–H and O–H groups in total. The van der Waals surface area contributed by atoms with E-state index < -0.39 is 17.7 Å². The fourth-order valence-electron chi connectivity index (χ4n) is 2.63. The molecule has 0 saturated carbocycles. The van der Waals surface area contributed by atoms with Crippen LogP contribution in [-0.2, 0) is 4.74 Å². The van der Waals surface area contributed by atoms with Gasteiger partial charge in [-0.1, -0.05) is 0 Å². The summed E-state index contributed by atoms with van der Waals surface area (Å²) >= 11 is 0. The summed E-state index contributed by atoms with van der Waals surface area (Å²) in [4.78, 5) is 23.1. The molecule has 1 fully saturated rings. The second-order valence-electron chi connectivity index (χ2n) is 5.88. The highest BCUT2D eigenvalue weighted by Gasteiger charge is 2.18. The van der Waals surface area contributed by atoms with E-state index in [1.54, 1.807) is 13.8 Å². The maximum absolute atomic E-state index is 13.2. The number of anilines is 3. The van der Waals surface area contributed by atoms with Crippen molar-refractivity contribution in [2.24, 2.45) is 0 Å². The Hall–Kier alpha value is -2.81. The molecule has 1 aromatic carbocycles. The van der Waals surface area contributed by atoms with Crippen LogP contribution < -0.4 is 15.5 Å². The standard InChI is InChI=1S/C17H19F2N5O2/c1-10-15(11(2)21-16(20-10)24-5-7-26-8-6-24)23-17(25)22-12-3-4-13(18)14(19)9-12/h3-4,9H,5-8H2,1-2H3,(H2,22,23,25). The van der Waals surface area contributed by atoms with Crippen LogP contribution in [0.2, 0.25) is 0 Å². The Labute approximate surface area is 149 Å². The maximum Gasteiger partial charge on any atom is 0.323 e. The lowest BCUT2D eigenvalue weighted by Gasteiger charge is -2.27. The van der Waals surface area contributed by atoms with E-state index >= 15 is 0 Å². The van der Waals surface area contributed by atoms with Crippen molar-refractivity contribution in [3.05, 3.63) is 41.2 Å². The third-order valence-corrected chi connectivity index (χ3v) is 3.97. The topological polar surface area (TPSA) is 79.4 Å². The highest BCUT2D eigenvalue weighted by atomic mass is 19.2. The fraction of sp³-hybridized carbons (Fsp3) is 0.353. The van der Waals surface area contributed by atoms with Gasteiger partial charge in [0, 0.05) is 24.8 Å². The molecule has 0 bridgehead atoms. The first-order valence-corrected chi connectivity index (χ1v) is 8.15. The highest BCUT2D eigenvalue weighted by molar-refractivity contribution is 6.00. The molecule has 26 heavy (non-hydrogen) atoms. The predicted molar refractivity (Wildman–Crippen MR) is 93.5 cm³/mol. The number of benzene rings is 1. The number of carbonyl (C=O) groups is 1. The number of amides is 2. The number of ether oxygens (including phenoxy) is 1. The van der Waals surface area contributed by atoms with Crippen molar-refractivity contribution >= 4 is 23.4 Å². The van der Waals surface area contributed by atoms with E-state index in [1.165, 1.54) is 6.07 Å². The normalized spacial score (nSPS) is 14.2. The Morgan fingerprint density at radius 2 is 1.73 bits per heavy atom. The summed E-state index contributed by atoms with van der Waals surface area (Å²) in [5, 5.41) is 5.11. The number of aryl methyl sites for hydroxylation is 2. The van der Waals surface area contributed by atoms with E-state index in [-0.39, 0.29) is 5.69 Å². The highest BCUT2D eigenvalue weighted by Crippen LogP contribution is 2.21. The maximum atomic E-state index is 13.2. The SMILES string of the molecule is Cc1nc(N2CCOCC2)nc(C)c1NC(=O)Nc1ccc(F)c(F)c1. The van der Waals surface area contributed by atoms with Gasteiger partial charge in [0.1, 0.15) is 0 Å². The molecule has 2 heterocycles. The van der Waals surface area contributed by atoms with Crippen molar-refractivity contribution in [3.8, 4) is 0 Å². The largest absolute Gasteiger partial charge is 0.378 e. The molecule has 7 nitrogen and oxygen atoms in total. The molecular weight excluding hydrogens is 344 g/mol. The molecule has 1 aliphatic heterocycles. The number of nitrogens with zero attached hydrogens (tertiary/aromatic N) is 3. The first-order chi connectivity index (χ1) is 12.4. The lowest BCUT2D eigenvalue weighted by atomic mass is 10.2. The first-order valence-electron chi connectivity index (χ1n) is 8.15. The van der Waals surface area contributed by atoms with Gasteiger partial charge in [0.15, 0.2) is 11.6 Å². The molecule has 1 saturated heterocycles. The number of urea groups is 1. The van der Waals surface area contributed by atoms with Crippen molar-refractivity contribution < 1.29 is 18.3 Å². The molecule has 1 aliphatic rings. The van der Waals surface area contributed by atoms with Gasteiger partial charge in [-0.05, 0) is 26.0 Å². The number of halogens is 2. The average molecular weight is 363 g/mol. The Morgan fingerprint density at radius 1 is 1.08 bits per heavy atom. The molecule has 1 aromatic heterocycles. The molecule has 138 valence electrons. The van der Waals surface area contributed by atoms with E-state index in [1.807, 2.05) is 4.90 Å². The Morgan fingerprint density at radius 3 is 2.35 bits per heavy atom. The Balaban J connectivity index is 1.72. The van der Waals surface area contributed by atoms with E-state index in [0.29, 0.717) is 49.3 Å². The van der Waals surface area contributed by atoms with Crippen molar-refractivity contribution in [1.82, 2.24) is 9.97 Å². The van der Waals surface area contributed by atoms with Crippen molar-refractivity contribution in [1.29, 1.82) is 0 Å². The van der Waals surface area contributed by atoms with Gasteiger partial charge in [-0.25, -0.2) is 23.5 Å². The summed E-state index contributed by atoms with van der Waals surface area (Å²) in [5.41, 5.74) is 1.84. The number of nitrogens with one attached hydrogen (secondary N) is 2. The molecule has 0 unspecified atom stereocenters. The van der Waals surface area contributed by atoms with Gasteiger partial charge in [0.05, 0.1) is 30.3 Å². The second kappa shape index (κ2) is 7.61. The second-order valence-corrected chi connectivity index (χ2v) is 5.88. The molecule has 2 amide bonds. The molecule has 0 radical (unpaired) electrons. The summed E-state index contributed by atoms with van der Waals surface area (Å²) < 4.78 is 31.5. The van der Waals surface area contributed by atoms with Crippen molar-refractivity contribution in [2.75, 3.05) is 41.8 Å². The number of carbonyl (C=O) groups excluding carboxylic acids is 1. The van der Waals surface area contributed by atoms with Crippen molar-refractivity contribution in [2.45, 2.75) is 13.8 Å². The zero-order valence-electron chi connectivity index (χ0n) is 14.5. The summed E-state index contributed by atoms with van der Waals surface area (Å²) in [5.74, 6) is -1.42. The summed E-state index contributed by atoms with van der Waals surface area (Å²) in [6.07, 6.45) is 0. The molecule has 9 heteroatoms. The molecule has 2 aromatic rings. The van der Waals surface area contributed by atoms with Gasteiger partial charge in [0.25, 0.3) is 0 Å². The van der Waals surface area contributed by atoms with Crippen LogP contribution in [0.1, 0.15) is 11.4 Å². The van der Waals surface area contributed by atoms with Gasteiger partial charge in [-0.2, -0.15) is 0 Å². The van der Waals surface area contributed by atoms with Gasteiger partial charge in [-0.3, -0.25) is 0 Å². The third kappa shape index (κ3) is 4.05. The number of hydrogen-bond acceptors (Lipinski definition) is 5. The Bertz CT molecular complexity index is 802. The lowest BCUT2D eigenvalue weighted by molar-refractivity contribution is 0.122. The summed E-state index contributed by atoms with van der Waals surface area (Å²) in [6.45, 7) is 6.21. The lowest BCUT2D eigenvalue weighted by Crippen LogP contribution is -2.37. The summed E-state index contributed by atoms with van der Waals surface area (Å²) in [6, 6.07) is 2.54. The zero-order valence-corrected chi connectivity index (χ0v) is 14.5. The molecular formula is C17H19F2N5O2. The van der Waals surface area contributed by atoms with Crippen LogP contribution in [0.15, 0.2) is 18.2 Å². The van der Waals surface area contributed by atoms with Gasteiger partial charge in [-0.15, -0.1) is 0 Å². The molecule has 3 rings (SSSR count). The van der Waals surface area contributed by atoms with E-state index in [9.17, 15) is 13.6 Å². The van der Waals surface area contributed by atoms with E-state index in [2.05, 4.69) is 20.6 Å². The van der Waals surface area contributed by atoms with E-state index in [4.69, 9.17) is 4.74 Å². The number of hydrogen-bond donors (Lipinski definition) is 2. The van der Waals surface area contributed by atoms with Crippen molar-refractivity contribution in [3.63, 3.8) is 0 Å². The van der Waals surface area contributed by atoms with Crippen LogP contribution >= 0.6 is 0 Å². The smallest absolute Gasteiger partial charge is 0.323 e.